The van der Waals surface area contributed by atoms with Crippen LogP contribution in [-0.2, 0) is 4.79 Å². The molecule has 0 fully saturated rings. The number of carbonyl (C=O) groups is 1. The average molecular weight is 383 g/mol. The van der Waals surface area contributed by atoms with Crippen LogP contribution in [0.4, 0.5) is 11.4 Å². The molecule has 2 aromatic carbocycles. The quantitative estimate of drug-likeness (QED) is 0.724. The summed E-state index contributed by atoms with van der Waals surface area (Å²) in [5, 5.41) is 7.05. The van der Waals surface area contributed by atoms with Crippen molar-refractivity contribution < 1.29 is 14.3 Å². The summed E-state index contributed by atoms with van der Waals surface area (Å²) in [5.41, 5.74) is 2.34. The molecule has 0 spiro atoms. The molecule has 0 aliphatic heterocycles. The van der Waals surface area contributed by atoms with E-state index < -0.39 is 0 Å². The zero-order valence-corrected chi connectivity index (χ0v) is 15.8. The minimum atomic E-state index is -0.118. The number of methoxy groups -OCH3 is 2. The van der Waals surface area contributed by atoms with E-state index in [0.29, 0.717) is 39.5 Å². The molecule has 0 radical (unpaired) electrons. The van der Waals surface area contributed by atoms with E-state index in [9.17, 15) is 4.79 Å². The Bertz CT molecular complexity index is 766. The van der Waals surface area contributed by atoms with E-state index in [0.717, 1.165) is 5.56 Å². The van der Waals surface area contributed by atoms with Gasteiger partial charge in [0.15, 0.2) is 0 Å². The maximum atomic E-state index is 12.1. The van der Waals surface area contributed by atoms with E-state index in [4.69, 9.17) is 32.7 Å². The summed E-state index contributed by atoms with van der Waals surface area (Å²) >= 11 is 12.1. The summed E-state index contributed by atoms with van der Waals surface area (Å²) in [4.78, 5) is 12.1. The van der Waals surface area contributed by atoms with Gasteiger partial charge in [0.2, 0.25) is 5.91 Å². The third-order valence-electron chi connectivity index (χ3n) is 3.60. The molecule has 134 valence electrons. The van der Waals surface area contributed by atoms with Crippen LogP contribution < -0.4 is 20.1 Å². The Morgan fingerprint density at radius 2 is 1.76 bits per heavy atom. The SMILES string of the molecule is COc1cc(NCCC(=O)Nc2ccc(C)c(Cl)c2)c(OC)cc1Cl. The molecule has 0 saturated carbocycles. The van der Waals surface area contributed by atoms with E-state index in [1.54, 1.807) is 25.3 Å². The molecular weight excluding hydrogens is 363 g/mol. The first-order valence-electron chi connectivity index (χ1n) is 7.66. The first-order chi connectivity index (χ1) is 11.9. The average Bonchev–Trinajstić information content (AvgIpc) is 2.59. The van der Waals surface area contributed by atoms with Crippen molar-refractivity contribution in [2.24, 2.45) is 0 Å². The second-order valence-electron chi connectivity index (χ2n) is 5.38. The van der Waals surface area contributed by atoms with E-state index in [2.05, 4.69) is 10.6 Å². The number of nitrogens with one attached hydrogen (secondary N) is 2. The van der Waals surface area contributed by atoms with Gasteiger partial charge in [0, 0.05) is 35.8 Å². The third-order valence-corrected chi connectivity index (χ3v) is 4.30. The Morgan fingerprint density at radius 1 is 1.04 bits per heavy atom. The number of hydrogen-bond donors (Lipinski definition) is 2. The van der Waals surface area contributed by atoms with Crippen LogP contribution >= 0.6 is 23.2 Å². The molecule has 7 heteroatoms. The lowest BCUT2D eigenvalue weighted by atomic mass is 10.2. The highest BCUT2D eigenvalue weighted by atomic mass is 35.5. The first-order valence-corrected chi connectivity index (χ1v) is 8.41. The number of anilines is 2. The summed E-state index contributed by atoms with van der Waals surface area (Å²) in [6.07, 6.45) is 0.277. The number of carbonyl (C=O) groups excluding carboxylic acids is 1. The molecule has 0 unspecified atom stereocenters. The van der Waals surface area contributed by atoms with Crippen molar-refractivity contribution in [3.63, 3.8) is 0 Å². The Morgan fingerprint density at radius 3 is 2.40 bits per heavy atom. The number of amides is 1. The molecule has 1 amide bonds. The van der Waals surface area contributed by atoms with Crippen LogP contribution in [0, 0.1) is 6.92 Å². The summed E-state index contributed by atoms with van der Waals surface area (Å²) in [5.74, 6) is 0.993. The topological polar surface area (TPSA) is 59.6 Å². The van der Waals surface area contributed by atoms with Crippen molar-refractivity contribution in [3.8, 4) is 11.5 Å². The fourth-order valence-electron chi connectivity index (χ4n) is 2.20. The number of rotatable bonds is 7. The number of halogens is 2. The summed E-state index contributed by atoms with van der Waals surface area (Å²) in [6.45, 7) is 2.33. The van der Waals surface area contributed by atoms with Crippen LogP contribution in [0.25, 0.3) is 0 Å². The minimum Gasteiger partial charge on any atom is -0.495 e. The van der Waals surface area contributed by atoms with Gasteiger partial charge >= 0.3 is 0 Å². The Balaban J connectivity index is 1.93. The van der Waals surface area contributed by atoms with Gasteiger partial charge in [0.1, 0.15) is 11.5 Å². The first kappa shape index (κ1) is 19.2. The number of ether oxygens (including phenoxy) is 2. The van der Waals surface area contributed by atoms with Gasteiger partial charge in [-0.25, -0.2) is 0 Å². The van der Waals surface area contributed by atoms with Gasteiger partial charge in [-0.15, -0.1) is 0 Å². The lowest BCUT2D eigenvalue weighted by Gasteiger charge is -2.14. The monoisotopic (exact) mass is 382 g/mol. The molecule has 0 bridgehead atoms. The Labute approximate surface area is 157 Å². The minimum absolute atomic E-state index is 0.118. The van der Waals surface area contributed by atoms with Crippen molar-refractivity contribution in [3.05, 3.63) is 45.9 Å². The molecule has 2 rings (SSSR count). The number of hydrogen-bond acceptors (Lipinski definition) is 4. The fraction of sp³-hybridized carbons (Fsp3) is 0.278. The molecule has 25 heavy (non-hydrogen) atoms. The second kappa shape index (κ2) is 8.83. The Hall–Kier alpha value is -2.11. The van der Waals surface area contributed by atoms with Gasteiger partial charge in [-0.2, -0.15) is 0 Å². The van der Waals surface area contributed by atoms with Crippen LogP contribution in [0.3, 0.4) is 0 Å². The van der Waals surface area contributed by atoms with Gasteiger partial charge in [-0.05, 0) is 24.6 Å². The highest BCUT2D eigenvalue weighted by Crippen LogP contribution is 2.35. The number of aryl methyl sites for hydroxylation is 1. The standard InChI is InChI=1S/C18H20Cl2N2O3/c1-11-4-5-12(8-13(11)19)22-18(23)6-7-21-15-10-16(24-2)14(20)9-17(15)25-3/h4-5,8-10,21H,6-7H2,1-3H3,(H,22,23). The van der Waals surface area contributed by atoms with Gasteiger partial charge in [0.05, 0.1) is 24.9 Å². The summed E-state index contributed by atoms with van der Waals surface area (Å²) < 4.78 is 10.5. The van der Waals surface area contributed by atoms with E-state index in [-0.39, 0.29) is 12.3 Å². The smallest absolute Gasteiger partial charge is 0.226 e. The zero-order chi connectivity index (χ0) is 18.4. The van der Waals surface area contributed by atoms with E-state index in [1.807, 2.05) is 19.1 Å². The molecule has 0 aliphatic carbocycles. The lowest BCUT2D eigenvalue weighted by molar-refractivity contribution is -0.115. The van der Waals surface area contributed by atoms with Gasteiger partial charge in [-0.1, -0.05) is 29.3 Å². The maximum absolute atomic E-state index is 12.1. The molecule has 0 atom stereocenters. The zero-order valence-electron chi connectivity index (χ0n) is 14.3. The predicted molar refractivity (Wildman–Crippen MR) is 102 cm³/mol. The fourth-order valence-corrected chi connectivity index (χ4v) is 2.61. The van der Waals surface area contributed by atoms with E-state index in [1.165, 1.54) is 7.11 Å². The summed E-state index contributed by atoms with van der Waals surface area (Å²) in [7, 11) is 3.09. The highest BCUT2D eigenvalue weighted by Gasteiger charge is 2.10. The third kappa shape index (κ3) is 5.18. The van der Waals surface area contributed by atoms with Crippen molar-refractivity contribution in [1.82, 2.24) is 0 Å². The van der Waals surface area contributed by atoms with Crippen LogP contribution in [0.15, 0.2) is 30.3 Å². The molecule has 0 aliphatic rings. The molecule has 0 heterocycles. The molecule has 2 N–H and O–H groups in total. The van der Waals surface area contributed by atoms with E-state index >= 15 is 0 Å². The molecular formula is C18H20Cl2N2O3. The second-order valence-corrected chi connectivity index (χ2v) is 6.19. The van der Waals surface area contributed by atoms with Crippen molar-refractivity contribution in [2.75, 3.05) is 31.4 Å². The largest absolute Gasteiger partial charge is 0.495 e. The van der Waals surface area contributed by atoms with Crippen molar-refractivity contribution >= 4 is 40.5 Å². The maximum Gasteiger partial charge on any atom is 0.226 e. The number of benzene rings is 2. The van der Waals surface area contributed by atoms with Crippen molar-refractivity contribution in [1.29, 1.82) is 0 Å². The van der Waals surface area contributed by atoms with Gasteiger partial charge in [0.25, 0.3) is 0 Å². The molecule has 0 aromatic heterocycles. The van der Waals surface area contributed by atoms with Crippen molar-refractivity contribution in [2.45, 2.75) is 13.3 Å². The van der Waals surface area contributed by atoms with Crippen LogP contribution in [0.2, 0.25) is 10.0 Å². The predicted octanol–water partition coefficient (Wildman–Crippen LogP) is 4.76. The Kier molecular flexibility index (Phi) is 6.79. The van der Waals surface area contributed by atoms with Crippen LogP contribution in [0.1, 0.15) is 12.0 Å². The molecule has 5 nitrogen and oxygen atoms in total. The van der Waals surface area contributed by atoms with Crippen LogP contribution in [0.5, 0.6) is 11.5 Å². The van der Waals surface area contributed by atoms with Crippen LogP contribution in [-0.4, -0.2) is 26.7 Å². The summed E-state index contributed by atoms with van der Waals surface area (Å²) in [6, 6.07) is 8.81. The normalized spacial score (nSPS) is 10.3. The molecule has 0 saturated heterocycles. The molecule has 2 aromatic rings. The van der Waals surface area contributed by atoms with Gasteiger partial charge in [-0.3, -0.25) is 4.79 Å². The lowest BCUT2D eigenvalue weighted by Crippen LogP contribution is -2.16. The van der Waals surface area contributed by atoms with Gasteiger partial charge < -0.3 is 20.1 Å². The highest BCUT2D eigenvalue weighted by molar-refractivity contribution is 6.32.